The van der Waals surface area contributed by atoms with Crippen molar-refractivity contribution in [2.75, 3.05) is 6.26 Å². The van der Waals surface area contributed by atoms with Crippen LogP contribution in [0.3, 0.4) is 0 Å². The Morgan fingerprint density at radius 1 is 1.89 bits per heavy atom. The summed E-state index contributed by atoms with van der Waals surface area (Å²) in [5, 5.41) is 2.07. The Morgan fingerprint density at radius 2 is 2.67 bits per heavy atom. The third kappa shape index (κ3) is 2.27. The molecule has 0 saturated carbocycles. The van der Waals surface area contributed by atoms with Crippen LogP contribution in [-0.4, -0.2) is 11.2 Å². The molecule has 1 nitrogen and oxygen atoms in total. The number of rotatable bonds is 2. The zero-order chi connectivity index (χ0) is 6.69. The van der Waals surface area contributed by atoms with Crippen LogP contribution in [0.4, 0.5) is 0 Å². The van der Waals surface area contributed by atoms with Crippen LogP contribution >= 0.6 is 39.0 Å². The van der Waals surface area contributed by atoms with E-state index in [0.717, 1.165) is 9.67 Å². The molecule has 0 aliphatic heterocycles. The average Bonchev–Trinajstić information content (AvgIpc) is 2.17. The van der Waals surface area contributed by atoms with Crippen LogP contribution in [0.1, 0.15) is 5.69 Å². The van der Waals surface area contributed by atoms with Gasteiger partial charge >= 0.3 is 0 Å². The van der Waals surface area contributed by atoms with E-state index in [1.165, 1.54) is 5.69 Å². The molecular weight excluding hydrogens is 218 g/mol. The van der Waals surface area contributed by atoms with Crippen LogP contribution < -0.4 is 0 Å². The molecule has 0 spiro atoms. The lowest BCUT2D eigenvalue weighted by molar-refractivity contribution is 1.22. The molecule has 1 heterocycles. The number of thiazole rings is 1. The van der Waals surface area contributed by atoms with Gasteiger partial charge in [0.15, 0.2) is 3.92 Å². The predicted molar refractivity (Wildman–Crippen MR) is 47.0 cm³/mol. The van der Waals surface area contributed by atoms with Gasteiger partial charge in [0, 0.05) is 11.1 Å². The number of halogens is 1. The highest BCUT2D eigenvalue weighted by molar-refractivity contribution is 9.11. The van der Waals surface area contributed by atoms with E-state index in [0.29, 0.717) is 0 Å². The van der Waals surface area contributed by atoms with Crippen LogP contribution in [0.2, 0.25) is 0 Å². The Hall–Kier alpha value is 0.460. The lowest BCUT2D eigenvalue weighted by atomic mass is 10.6. The topological polar surface area (TPSA) is 12.9 Å². The molecule has 0 amide bonds. The fourth-order valence-electron chi connectivity index (χ4n) is 0.496. The Morgan fingerprint density at radius 3 is 3.11 bits per heavy atom. The Bertz CT molecular complexity index is 187. The second kappa shape index (κ2) is 3.58. The molecule has 9 heavy (non-hydrogen) atoms. The molecule has 0 aromatic carbocycles. The first kappa shape index (κ1) is 7.57. The molecule has 0 unspecified atom stereocenters. The smallest absolute Gasteiger partial charge is 0.159 e. The highest BCUT2D eigenvalue weighted by atomic mass is 79.9. The maximum Gasteiger partial charge on any atom is 0.159 e. The average molecular weight is 224 g/mol. The normalized spacial score (nSPS) is 10.0. The first-order chi connectivity index (χ1) is 4.33. The molecule has 0 N–H and O–H groups in total. The van der Waals surface area contributed by atoms with Gasteiger partial charge in [0.2, 0.25) is 0 Å². The molecule has 1 aromatic rings. The summed E-state index contributed by atoms with van der Waals surface area (Å²) in [5.74, 6) is 1.02. The van der Waals surface area contributed by atoms with Crippen LogP contribution in [0, 0.1) is 0 Å². The van der Waals surface area contributed by atoms with Crippen molar-refractivity contribution in [1.82, 2.24) is 4.98 Å². The fraction of sp³-hybridized carbons (Fsp3) is 0.400. The largest absolute Gasteiger partial charge is 0.233 e. The molecule has 1 aromatic heterocycles. The minimum Gasteiger partial charge on any atom is -0.233 e. The minimum absolute atomic E-state index is 0.978. The Balaban J connectivity index is 2.61. The van der Waals surface area contributed by atoms with Crippen LogP contribution in [-0.2, 0) is 5.75 Å². The van der Waals surface area contributed by atoms with Crippen molar-refractivity contribution in [3.8, 4) is 0 Å². The number of aromatic nitrogens is 1. The summed E-state index contributed by atoms with van der Waals surface area (Å²) in [5.41, 5.74) is 1.17. The number of hydrogen-bond acceptors (Lipinski definition) is 3. The van der Waals surface area contributed by atoms with Crippen molar-refractivity contribution >= 4 is 39.0 Å². The van der Waals surface area contributed by atoms with Gasteiger partial charge in [0.1, 0.15) is 0 Å². The first-order valence-electron chi connectivity index (χ1n) is 2.42. The van der Waals surface area contributed by atoms with Crippen molar-refractivity contribution in [3.05, 3.63) is 15.0 Å². The first-order valence-corrected chi connectivity index (χ1v) is 5.48. The summed E-state index contributed by atoms with van der Waals surface area (Å²) in [6.07, 6.45) is 2.08. The van der Waals surface area contributed by atoms with Gasteiger partial charge < -0.3 is 0 Å². The summed E-state index contributed by atoms with van der Waals surface area (Å²) in [4.78, 5) is 4.21. The van der Waals surface area contributed by atoms with E-state index < -0.39 is 0 Å². The molecule has 4 heteroatoms. The second-order valence-electron chi connectivity index (χ2n) is 1.52. The zero-order valence-electron chi connectivity index (χ0n) is 4.93. The van der Waals surface area contributed by atoms with Gasteiger partial charge in [-0.25, -0.2) is 4.98 Å². The van der Waals surface area contributed by atoms with Crippen molar-refractivity contribution < 1.29 is 0 Å². The SMILES string of the molecule is CSCc1csc(Br)n1. The molecule has 0 radical (unpaired) electrons. The van der Waals surface area contributed by atoms with Crippen molar-refractivity contribution in [2.24, 2.45) is 0 Å². The molecule has 0 fully saturated rings. The van der Waals surface area contributed by atoms with Crippen LogP contribution in [0.25, 0.3) is 0 Å². The molecule has 0 aliphatic rings. The molecular formula is C5H6BrNS2. The molecule has 0 bridgehead atoms. The monoisotopic (exact) mass is 223 g/mol. The summed E-state index contributed by atoms with van der Waals surface area (Å²) < 4.78 is 0.978. The highest BCUT2D eigenvalue weighted by Gasteiger charge is 1.95. The quantitative estimate of drug-likeness (QED) is 0.766. The minimum atomic E-state index is 0.978. The second-order valence-corrected chi connectivity index (χ2v) is 4.52. The standard InChI is InChI=1S/C5H6BrNS2/c1-8-2-4-3-9-5(6)7-4/h3H,2H2,1H3. The number of thioether (sulfide) groups is 1. The molecule has 1 rings (SSSR count). The number of hydrogen-bond donors (Lipinski definition) is 0. The van der Waals surface area contributed by atoms with E-state index in [4.69, 9.17) is 0 Å². The lowest BCUT2D eigenvalue weighted by Crippen LogP contribution is -1.75. The van der Waals surface area contributed by atoms with Gasteiger partial charge in [-0.1, -0.05) is 0 Å². The van der Waals surface area contributed by atoms with Crippen molar-refractivity contribution in [2.45, 2.75) is 5.75 Å². The predicted octanol–water partition coefficient (Wildman–Crippen LogP) is 2.77. The van der Waals surface area contributed by atoms with Gasteiger partial charge in [-0.3, -0.25) is 0 Å². The third-order valence-electron chi connectivity index (χ3n) is 0.816. The molecule has 0 aliphatic carbocycles. The van der Waals surface area contributed by atoms with E-state index in [-0.39, 0.29) is 0 Å². The summed E-state index contributed by atoms with van der Waals surface area (Å²) in [7, 11) is 0. The Kier molecular flexibility index (Phi) is 3.01. The van der Waals surface area contributed by atoms with E-state index >= 15 is 0 Å². The van der Waals surface area contributed by atoms with Crippen molar-refractivity contribution in [3.63, 3.8) is 0 Å². The van der Waals surface area contributed by atoms with E-state index in [1.807, 2.05) is 0 Å². The third-order valence-corrected chi connectivity index (χ3v) is 2.81. The van der Waals surface area contributed by atoms with Crippen LogP contribution in [0.5, 0.6) is 0 Å². The zero-order valence-corrected chi connectivity index (χ0v) is 8.15. The fourth-order valence-corrected chi connectivity index (χ4v) is 2.09. The number of nitrogens with zero attached hydrogens (tertiary/aromatic N) is 1. The maximum absolute atomic E-state index is 4.21. The molecule has 50 valence electrons. The van der Waals surface area contributed by atoms with Gasteiger partial charge in [0.25, 0.3) is 0 Å². The molecule has 0 atom stereocenters. The van der Waals surface area contributed by atoms with Crippen molar-refractivity contribution in [1.29, 1.82) is 0 Å². The summed E-state index contributed by atoms with van der Waals surface area (Å²) in [6.45, 7) is 0. The maximum atomic E-state index is 4.21. The van der Waals surface area contributed by atoms with Gasteiger partial charge in [0.05, 0.1) is 5.69 Å². The van der Waals surface area contributed by atoms with Crippen LogP contribution in [0.15, 0.2) is 9.30 Å². The van der Waals surface area contributed by atoms with E-state index in [9.17, 15) is 0 Å². The van der Waals surface area contributed by atoms with Gasteiger partial charge in [-0.15, -0.1) is 11.3 Å². The highest BCUT2D eigenvalue weighted by Crippen LogP contribution is 2.18. The lowest BCUT2D eigenvalue weighted by Gasteiger charge is -1.85. The Labute approximate surface area is 71.0 Å². The summed E-state index contributed by atoms with van der Waals surface area (Å²) >= 11 is 6.73. The van der Waals surface area contributed by atoms with Gasteiger partial charge in [-0.2, -0.15) is 11.8 Å². The van der Waals surface area contributed by atoms with E-state index in [2.05, 4.69) is 32.5 Å². The van der Waals surface area contributed by atoms with E-state index in [1.54, 1.807) is 23.1 Å². The summed E-state index contributed by atoms with van der Waals surface area (Å²) in [6, 6.07) is 0. The van der Waals surface area contributed by atoms with Gasteiger partial charge in [-0.05, 0) is 22.2 Å². The molecule has 0 saturated heterocycles.